The molecule has 2 aromatic heterocycles. The van der Waals surface area contributed by atoms with Crippen LogP contribution in [0, 0.1) is 17.0 Å². The van der Waals surface area contributed by atoms with Crippen LogP contribution in [0.25, 0.3) is 11.3 Å². The number of halogens is 1. The van der Waals surface area contributed by atoms with E-state index in [-0.39, 0.29) is 11.6 Å². The summed E-state index contributed by atoms with van der Waals surface area (Å²) in [5.41, 5.74) is 5.53. The van der Waals surface area contributed by atoms with E-state index in [1.54, 1.807) is 24.3 Å². The zero-order chi connectivity index (χ0) is 26.5. The highest BCUT2D eigenvalue weighted by atomic mass is 79.9. The molecule has 3 heterocycles. The molecule has 2 N–H and O–H groups in total. The van der Waals surface area contributed by atoms with Gasteiger partial charge in [0.2, 0.25) is 17.8 Å². The largest absolute Gasteiger partial charge is 0.455 e. The summed E-state index contributed by atoms with van der Waals surface area (Å²) in [6, 6.07) is 15.6. The molecule has 0 aliphatic carbocycles. The molecule has 2 aromatic carbocycles. The van der Waals surface area contributed by atoms with Gasteiger partial charge in [-0.15, -0.1) is 0 Å². The van der Waals surface area contributed by atoms with Gasteiger partial charge in [-0.1, -0.05) is 6.07 Å². The number of non-ortho nitro benzene ring substituents is 1. The molecule has 0 bridgehead atoms. The average molecular weight is 579 g/mol. The Morgan fingerprint density at radius 3 is 2.55 bits per heavy atom. The highest BCUT2D eigenvalue weighted by Crippen LogP contribution is 2.27. The van der Waals surface area contributed by atoms with E-state index in [1.807, 2.05) is 30.0 Å². The molecule has 0 atom stereocenters. The molecule has 1 saturated heterocycles. The Morgan fingerprint density at radius 1 is 1.05 bits per heavy atom. The van der Waals surface area contributed by atoms with E-state index in [0.717, 1.165) is 15.7 Å². The van der Waals surface area contributed by atoms with E-state index < -0.39 is 4.92 Å². The third kappa shape index (κ3) is 6.12. The minimum Gasteiger partial charge on any atom is -0.455 e. The van der Waals surface area contributed by atoms with E-state index in [9.17, 15) is 10.1 Å². The van der Waals surface area contributed by atoms with Crippen LogP contribution in [-0.2, 0) is 4.74 Å². The third-order valence-electron chi connectivity index (χ3n) is 5.63. The minimum absolute atomic E-state index is 0.0173. The molecule has 38 heavy (non-hydrogen) atoms. The summed E-state index contributed by atoms with van der Waals surface area (Å²) in [6.07, 6.45) is 1.50. The van der Waals surface area contributed by atoms with Crippen LogP contribution in [0.1, 0.15) is 11.3 Å². The lowest BCUT2D eigenvalue weighted by atomic mass is 10.1. The number of rotatable bonds is 8. The molecule has 5 rings (SSSR count). The molecule has 194 valence electrons. The van der Waals surface area contributed by atoms with Gasteiger partial charge in [0.15, 0.2) is 0 Å². The van der Waals surface area contributed by atoms with E-state index in [1.165, 1.54) is 18.3 Å². The fourth-order valence-electron chi connectivity index (χ4n) is 3.70. The first-order chi connectivity index (χ1) is 18.4. The number of nitrogens with one attached hydrogen (secondary N) is 2. The molecule has 0 unspecified atom stereocenters. The second-order valence-electron chi connectivity index (χ2n) is 8.37. The van der Waals surface area contributed by atoms with Crippen molar-refractivity contribution in [2.45, 2.75) is 6.92 Å². The number of hydrazone groups is 1. The Morgan fingerprint density at radius 2 is 1.82 bits per heavy atom. The molecular formula is C25H23BrN8O4. The van der Waals surface area contributed by atoms with Crippen molar-refractivity contribution in [2.24, 2.45) is 5.10 Å². The van der Waals surface area contributed by atoms with E-state index in [4.69, 9.17) is 9.15 Å². The fourth-order valence-corrected chi connectivity index (χ4v) is 4.29. The summed E-state index contributed by atoms with van der Waals surface area (Å²) in [5, 5.41) is 18.3. The quantitative estimate of drug-likeness (QED) is 0.164. The minimum atomic E-state index is -0.443. The first-order valence-electron chi connectivity index (χ1n) is 11.7. The van der Waals surface area contributed by atoms with Crippen LogP contribution in [0.15, 0.2) is 68.6 Å². The van der Waals surface area contributed by atoms with E-state index in [2.05, 4.69) is 46.7 Å². The summed E-state index contributed by atoms with van der Waals surface area (Å²) in [7, 11) is 0. The number of aromatic nitrogens is 3. The van der Waals surface area contributed by atoms with Crippen molar-refractivity contribution in [1.29, 1.82) is 0 Å². The lowest BCUT2D eigenvalue weighted by molar-refractivity contribution is -0.384. The van der Waals surface area contributed by atoms with Gasteiger partial charge in [0.25, 0.3) is 5.69 Å². The molecular weight excluding hydrogens is 556 g/mol. The molecule has 13 heteroatoms. The summed E-state index contributed by atoms with van der Waals surface area (Å²) in [4.78, 5) is 26.0. The van der Waals surface area contributed by atoms with Crippen LogP contribution in [0.5, 0.6) is 0 Å². The van der Waals surface area contributed by atoms with Crippen molar-refractivity contribution in [2.75, 3.05) is 41.9 Å². The van der Waals surface area contributed by atoms with Gasteiger partial charge < -0.3 is 19.4 Å². The molecule has 1 aliphatic rings. The van der Waals surface area contributed by atoms with Crippen LogP contribution in [-0.4, -0.2) is 52.4 Å². The smallest absolute Gasteiger partial charge is 0.269 e. The van der Waals surface area contributed by atoms with Gasteiger partial charge in [0, 0.05) is 35.3 Å². The Bertz CT molecular complexity index is 1470. The standard InChI is InChI=1S/C25H23BrN8O4/c1-16-2-8-21(20(26)14-16)28-23-29-24(31-25(30-23)33-10-12-37-13-11-33)32-27-15-19-7-9-22(38-19)17-3-5-18(6-4-17)34(35)36/h2-9,14-15H,10-13H2,1H3,(H2,28,29,30,31,32)/b27-15-. The van der Waals surface area contributed by atoms with Crippen molar-refractivity contribution in [3.05, 3.63) is 80.5 Å². The number of furan rings is 1. The SMILES string of the molecule is Cc1ccc(Nc2nc(N/N=C\c3ccc(-c4ccc([N+](=O)[O-])cc4)o3)nc(N3CCOCC3)n2)c(Br)c1. The summed E-state index contributed by atoms with van der Waals surface area (Å²) < 4.78 is 12.1. The molecule has 0 radical (unpaired) electrons. The molecule has 0 saturated carbocycles. The second-order valence-corrected chi connectivity index (χ2v) is 9.22. The predicted octanol–water partition coefficient (Wildman–Crippen LogP) is 5.14. The number of hydrogen-bond donors (Lipinski definition) is 2. The molecule has 1 aliphatic heterocycles. The van der Waals surface area contributed by atoms with Crippen molar-refractivity contribution in [1.82, 2.24) is 15.0 Å². The van der Waals surface area contributed by atoms with E-state index >= 15 is 0 Å². The first-order valence-corrected chi connectivity index (χ1v) is 12.5. The predicted molar refractivity (Wildman–Crippen MR) is 147 cm³/mol. The van der Waals surface area contributed by atoms with Crippen molar-refractivity contribution < 1.29 is 14.1 Å². The molecule has 1 fully saturated rings. The van der Waals surface area contributed by atoms with Crippen LogP contribution in [0.3, 0.4) is 0 Å². The van der Waals surface area contributed by atoms with Crippen LogP contribution in [0.2, 0.25) is 0 Å². The number of benzene rings is 2. The van der Waals surface area contributed by atoms with Crippen LogP contribution < -0.4 is 15.6 Å². The number of morpholine rings is 1. The number of aryl methyl sites for hydroxylation is 1. The average Bonchev–Trinajstić information content (AvgIpc) is 3.40. The number of hydrogen-bond acceptors (Lipinski definition) is 11. The van der Waals surface area contributed by atoms with Gasteiger partial charge in [-0.25, -0.2) is 5.43 Å². The fraction of sp³-hybridized carbons (Fsp3) is 0.200. The maximum atomic E-state index is 10.9. The first kappa shape index (κ1) is 25.3. The third-order valence-corrected chi connectivity index (χ3v) is 6.29. The molecule has 12 nitrogen and oxygen atoms in total. The Balaban J connectivity index is 1.33. The maximum Gasteiger partial charge on any atom is 0.269 e. The Labute approximate surface area is 226 Å². The lowest BCUT2D eigenvalue weighted by Crippen LogP contribution is -2.37. The second kappa shape index (κ2) is 11.4. The van der Waals surface area contributed by atoms with Gasteiger partial charge in [-0.3, -0.25) is 10.1 Å². The van der Waals surface area contributed by atoms with Crippen molar-refractivity contribution >= 4 is 51.4 Å². The molecule has 0 spiro atoms. The van der Waals surface area contributed by atoms with Gasteiger partial charge in [-0.05, 0) is 64.8 Å². The van der Waals surface area contributed by atoms with Gasteiger partial charge in [-0.2, -0.15) is 20.1 Å². The molecule has 0 amide bonds. The highest BCUT2D eigenvalue weighted by Gasteiger charge is 2.17. The molecule has 4 aromatic rings. The Hall–Kier alpha value is -4.36. The topological polar surface area (TPSA) is 144 Å². The van der Waals surface area contributed by atoms with Crippen molar-refractivity contribution in [3.8, 4) is 11.3 Å². The van der Waals surface area contributed by atoms with Gasteiger partial charge in [0.05, 0.1) is 30.0 Å². The number of nitro benzene ring substituents is 1. The van der Waals surface area contributed by atoms with E-state index in [0.29, 0.717) is 55.3 Å². The number of anilines is 4. The van der Waals surface area contributed by atoms with Gasteiger partial charge in [0.1, 0.15) is 11.5 Å². The normalized spacial score (nSPS) is 13.6. The van der Waals surface area contributed by atoms with Crippen molar-refractivity contribution in [3.63, 3.8) is 0 Å². The zero-order valence-electron chi connectivity index (χ0n) is 20.3. The maximum absolute atomic E-state index is 10.9. The number of nitro groups is 1. The summed E-state index contributed by atoms with van der Waals surface area (Å²) in [5.74, 6) is 2.17. The monoisotopic (exact) mass is 578 g/mol. The zero-order valence-corrected chi connectivity index (χ0v) is 21.9. The lowest BCUT2D eigenvalue weighted by Gasteiger charge is -2.27. The van der Waals surface area contributed by atoms with Gasteiger partial charge >= 0.3 is 0 Å². The summed E-state index contributed by atoms with van der Waals surface area (Å²) in [6.45, 7) is 4.53. The highest BCUT2D eigenvalue weighted by molar-refractivity contribution is 9.10. The van der Waals surface area contributed by atoms with Crippen LogP contribution >= 0.6 is 15.9 Å². The number of nitrogens with zero attached hydrogens (tertiary/aromatic N) is 6. The number of ether oxygens (including phenoxy) is 1. The van der Waals surface area contributed by atoms with Crippen LogP contribution in [0.4, 0.5) is 29.2 Å². The summed E-state index contributed by atoms with van der Waals surface area (Å²) >= 11 is 3.57. The Kier molecular flexibility index (Phi) is 7.56.